The molecule has 0 amide bonds. The molecule has 0 radical (unpaired) electrons. The van der Waals surface area contributed by atoms with Crippen LogP contribution < -0.4 is 0 Å². The average molecular weight is 1020 g/mol. The van der Waals surface area contributed by atoms with Crippen LogP contribution in [0.1, 0.15) is 121 Å². The third kappa shape index (κ3) is 14.6. The van der Waals surface area contributed by atoms with Crippen LogP contribution in [0.15, 0.2) is 92.2 Å². The predicted octanol–water partition coefficient (Wildman–Crippen LogP) is 8.76. The predicted molar refractivity (Wildman–Crippen MR) is 261 cm³/mol. The van der Waals surface area contributed by atoms with Gasteiger partial charge in [0.2, 0.25) is 5.89 Å². The van der Waals surface area contributed by atoms with Crippen molar-refractivity contribution in [2.45, 2.75) is 177 Å². The van der Waals surface area contributed by atoms with E-state index in [2.05, 4.69) is 22.5 Å². The number of hydrogen-bond acceptors (Lipinski definition) is 15. The van der Waals surface area contributed by atoms with Crippen LogP contribution in [-0.4, -0.2) is 118 Å². The average Bonchev–Trinajstić information content (AvgIpc) is 3.96. The highest BCUT2D eigenvalue weighted by Gasteiger charge is 2.45. The van der Waals surface area contributed by atoms with Gasteiger partial charge in [0.1, 0.15) is 36.1 Å². The normalized spacial score (nSPS) is 36.1. The van der Waals surface area contributed by atoms with Crippen molar-refractivity contribution in [1.29, 1.82) is 0 Å². The number of aliphatic hydroxyl groups excluding tert-OH is 2. The molecule has 15 atom stereocenters. The molecule has 2 aromatic heterocycles. The monoisotopic (exact) mass is 1020 g/mol. The van der Waals surface area contributed by atoms with Crippen molar-refractivity contribution in [3.8, 4) is 0 Å². The Hall–Kier alpha value is -3.81. The zero-order valence-corrected chi connectivity index (χ0v) is 42.3. The lowest BCUT2D eigenvalue weighted by Gasteiger charge is -2.44. The summed E-state index contributed by atoms with van der Waals surface area (Å²) in [5.41, 5.74) is 3.86. The number of hydrogen-bond donors (Lipinski definition) is 3. The third-order valence-electron chi connectivity index (χ3n) is 13.9. The summed E-state index contributed by atoms with van der Waals surface area (Å²) in [5, 5.41) is 33.9. The molecule has 5 aliphatic rings. The highest BCUT2D eigenvalue weighted by Crippen LogP contribution is 2.40. The van der Waals surface area contributed by atoms with Gasteiger partial charge in [-0.3, -0.25) is 0 Å². The number of nitrogens with zero attached hydrogens (tertiary/aromatic N) is 2. The molecule has 0 spiro atoms. The van der Waals surface area contributed by atoms with Gasteiger partial charge in [-0.1, -0.05) is 84.0 Å². The van der Waals surface area contributed by atoms with Crippen LogP contribution in [0.2, 0.25) is 0 Å². The van der Waals surface area contributed by atoms with Crippen molar-refractivity contribution in [3.05, 3.63) is 107 Å². The SMILES string of the molecule is C=C1C[C@@H]2C[C@H]3C[C@@H](O)C[C@H](O3)c3coc(n3)/C=C\C[C@H]3O[C@@H](/C(C)=C/c4coc(C[C@]5(O)C[C@H](OC)C[C@H]([C@H](O)/C=C(C)/C=C/[C@@H](C/C=C/Br)OC)O5)n4)[C@H](C)[C@@H](OC(=O)/C=C\C[C@@H](C1)O2)[C@H]3C. The maximum Gasteiger partial charge on any atom is 0.330 e. The van der Waals surface area contributed by atoms with Crippen molar-refractivity contribution in [2.75, 3.05) is 14.2 Å². The molecule has 4 saturated heterocycles. The van der Waals surface area contributed by atoms with Crippen LogP contribution in [0.3, 0.4) is 0 Å². The van der Waals surface area contributed by atoms with Crippen LogP contribution in [0.25, 0.3) is 12.2 Å². The molecule has 8 bridgehead atoms. The third-order valence-corrected chi connectivity index (χ3v) is 14.2. The van der Waals surface area contributed by atoms with Gasteiger partial charge in [-0.2, -0.15) is 0 Å². The van der Waals surface area contributed by atoms with E-state index < -0.39 is 48.4 Å². The van der Waals surface area contributed by atoms with E-state index in [1.165, 1.54) is 12.3 Å². The molecular formula is C53H71BrN2O13. The second-order valence-corrected chi connectivity index (χ2v) is 20.0. The number of fused-ring (bicyclic) bond motifs is 9. The molecule has 15 nitrogen and oxygen atoms in total. The van der Waals surface area contributed by atoms with Gasteiger partial charge in [0.15, 0.2) is 11.7 Å². The smallest absolute Gasteiger partial charge is 0.330 e. The molecular weight excluding hydrogens is 952 g/mol. The Kier molecular flexibility index (Phi) is 18.9. The van der Waals surface area contributed by atoms with Crippen LogP contribution in [0.4, 0.5) is 0 Å². The number of carbonyl (C=O) groups is 1. The maximum absolute atomic E-state index is 13.6. The van der Waals surface area contributed by atoms with Crippen LogP contribution in [0, 0.1) is 11.8 Å². The van der Waals surface area contributed by atoms with Crippen molar-refractivity contribution < 1.29 is 62.1 Å². The summed E-state index contributed by atoms with van der Waals surface area (Å²) in [6.45, 7) is 12.2. The zero-order valence-electron chi connectivity index (χ0n) is 40.7. The van der Waals surface area contributed by atoms with Gasteiger partial charge < -0.3 is 57.3 Å². The number of allylic oxidation sites excluding steroid dienone is 2. The van der Waals surface area contributed by atoms with E-state index in [0.717, 1.165) is 16.7 Å². The first-order valence-electron chi connectivity index (χ1n) is 24.3. The largest absolute Gasteiger partial charge is 0.458 e. The zero-order chi connectivity index (χ0) is 49.2. The lowest BCUT2D eigenvalue weighted by Crippen LogP contribution is -2.51. The lowest BCUT2D eigenvalue weighted by atomic mass is 9.79. The number of halogens is 1. The molecule has 0 unspecified atom stereocenters. The lowest BCUT2D eigenvalue weighted by molar-refractivity contribution is -0.286. The Bertz CT molecular complexity index is 2210. The Labute approximate surface area is 414 Å². The minimum atomic E-state index is -1.73. The van der Waals surface area contributed by atoms with Gasteiger partial charge in [-0.15, -0.1) is 0 Å². The number of aromatic nitrogens is 2. The Morgan fingerprint density at radius 1 is 0.986 bits per heavy atom. The van der Waals surface area contributed by atoms with Crippen molar-refractivity contribution >= 4 is 34.1 Å². The fraction of sp³-hybridized carbons (Fsp3) is 0.604. The minimum absolute atomic E-state index is 0.0830. The number of esters is 1. The van der Waals surface area contributed by atoms with E-state index in [1.807, 2.05) is 64.2 Å². The highest BCUT2D eigenvalue weighted by molar-refractivity contribution is 9.11. The quantitative estimate of drug-likeness (QED) is 0.104. The first-order valence-corrected chi connectivity index (χ1v) is 25.2. The molecule has 2 aromatic rings. The van der Waals surface area contributed by atoms with E-state index in [1.54, 1.807) is 37.6 Å². The summed E-state index contributed by atoms with van der Waals surface area (Å²) in [6.07, 6.45) is 19.5. The van der Waals surface area contributed by atoms with E-state index >= 15 is 0 Å². The van der Waals surface area contributed by atoms with Crippen LogP contribution in [-0.2, 0) is 44.4 Å². The molecule has 7 rings (SSSR count). The molecule has 5 aliphatic heterocycles. The molecule has 0 aliphatic carbocycles. The van der Waals surface area contributed by atoms with E-state index in [4.69, 9.17) is 52.0 Å². The number of ether oxygens (including phenoxy) is 7. The van der Waals surface area contributed by atoms with Crippen LogP contribution >= 0.6 is 15.9 Å². The topological polar surface area (TPSA) is 194 Å². The van der Waals surface area contributed by atoms with E-state index in [-0.39, 0.29) is 67.2 Å². The fourth-order valence-corrected chi connectivity index (χ4v) is 10.6. The maximum atomic E-state index is 13.6. The number of carbonyl (C=O) groups excluding carboxylic acids is 1. The van der Waals surface area contributed by atoms with Gasteiger partial charge in [0, 0.05) is 57.8 Å². The minimum Gasteiger partial charge on any atom is -0.458 e. The standard InChI is InChI=1S/C53H71BrN2O13/c1-31(16-17-38(61-6)12-10-18-54)21-44(58)47-26-42(62-7)27-53(60,69-47)28-49-55-36(29-63-49)22-33(3)51-35(5)52-34(4)45(67-51)13-9-14-48-56-43(30-64-48)46-24-37(57)23-41(66-46)25-40-20-32(2)19-39(65-40)11-8-15-50(59)68-52/h8-10,14-18,21-22,29-30,34-35,37-42,44-47,51-52,57-58,60H,2,11-13,19-20,23-28H2,1,3-7H3/b14-9-,15-8-,17-16+,18-10+,31-21+,33-22+/t34-,35-,37+,38+,39-,40+,41+,42+,44+,45+,46-,47+,51-,52-,53-/m0/s1. The molecule has 3 N–H and O–H groups in total. The Balaban J connectivity index is 1.06. The van der Waals surface area contributed by atoms with Gasteiger partial charge in [-0.05, 0) is 75.1 Å². The first-order chi connectivity index (χ1) is 33.1. The van der Waals surface area contributed by atoms with Crippen LogP contribution in [0.5, 0.6) is 0 Å². The second-order valence-electron chi connectivity index (χ2n) is 19.5. The molecule has 7 heterocycles. The van der Waals surface area contributed by atoms with Gasteiger partial charge in [0.25, 0.3) is 0 Å². The Morgan fingerprint density at radius 3 is 2.57 bits per heavy atom. The molecule has 378 valence electrons. The summed E-state index contributed by atoms with van der Waals surface area (Å²) < 4.78 is 55.2. The van der Waals surface area contributed by atoms with E-state index in [0.29, 0.717) is 75.1 Å². The fourth-order valence-electron chi connectivity index (χ4n) is 10.4. The number of aliphatic hydroxyl groups is 3. The summed E-state index contributed by atoms with van der Waals surface area (Å²) in [6, 6.07) is 0. The van der Waals surface area contributed by atoms with Crippen molar-refractivity contribution in [1.82, 2.24) is 9.97 Å². The van der Waals surface area contributed by atoms with Crippen molar-refractivity contribution in [3.63, 3.8) is 0 Å². The van der Waals surface area contributed by atoms with Gasteiger partial charge in [0.05, 0.1) is 67.5 Å². The summed E-state index contributed by atoms with van der Waals surface area (Å²) >= 11 is 3.28. The first kappa shape index (κ1) is 53.0. The number of methoxy groups -OCH3 is 2. The molecule has 0 saturated carbocycles. The second kappa shape index (κ2) is 24.5. The summed E-state index contributed by atoms with van der Waals surface area (Å²) in [7, 11) is 3.22. The molecule has 16 heteroatoms. The number of rotatable bonds is 12. The van der Waals surface area contributed by atoms with E-state index in [9.17, 15) is 20.1 Å². The molecule has 4 fully saturated rings. The van der Waals surface area contributed by atoms with Gasteiger partial charge >= 0.3 is 5.97 Å². The Morgan fingerprint density at radius 2 is 1.78 bits per heavy atom. The molecule has 69 heavy (non-hydrogen) atoms. The van der Waals surface area contributed by atoms with Crippen molar-refractivity contribution in [2.24, 2.45) is 11.8 Å². The van der Waals surface area contributed by atoms with Gasteiger partial charge in [-0.25, -0.2) is 14.8 Å². The summed E-state index contributed by atoms with van der Waals surface area (Å²) in [5.74, 6) is -1.95. The molecule has 0 aromatic carbocycles. The summed E-state index contributed by atoms with van der Waals surface area (Å²) in [4.78, 5) is 24.8. The number of oxazole rings is 2. The highest BCUT2D eigenvalue weighted by atomic mass is 79.9.